The van der Waals surface area contributed by atoms with Crippen LogP contribution in [0.3, 0.4) is 0 Å². The average Bonchev–Trinajstić information content (AvgIpc) is 2.73. The molecule has 0 radical (unpaired) electrons. The average molecular weight is 396 g/mol. The summed E-state index contributed by atoms with van der Waals surface area (Å²) in [4.78, 5) is 25.9. The lowest BCUT2D eigenvalue weighted by Gasteiger charge is -2.31. The Hall–Kier alpha value is -2.89. The van der Waals surface area contributed by atoms with E-state index in [0.29, 0.717) is 23.2 Å². The van der Waals surface area contributed by atoms with Crippen molar-refractivity contribution in [2.24, 2.45) is 5.92 Å². The Morgan fingerprint density at radius 2 is 1.86 bits per heavy atom. The predicted molar refractivity (Wildman–Crippen MR) is 117 cm³/mol. The fraction of sp³-hybridized carbons (Fsp3) is 0.435. The first-order chi connectivity index (χ1) is 13.9. The predicted octanol–water partition coefficient (Wildman–Crippen LogP) is 5.60. The molecule has 6 heteroatoms. The lowest BCUT2D eigenvalue weighted by molar-refractivity contribution is -0.384. The molecule has 0 aliphatic carbocycles. The molecule has 1 saturated heterocycles. The van der Waals surface area contributed by atoms with E-state index in [2.05, 4.69) is 26.1 Å². The SMILES string of the molecule is CC[C@H](C)c1ccc(NC(=O)c2ccc(N3CCC(C)CC3)c([N+](=O)[O-])c2)cc1. The molecular formula is C23H29N3O3. The number of hydrogen-bond acceptors (Lipinski definition) is 4. The smallest absolute Gasteiger partial charge is 0.293 e. The van der Waals surface area contributed by atoms with Crippen LogP contribution < -0.4 is 10.2 Å². The highest BCUT2D eigenvalue weighted by Gasteiger charge is 2.24. The van der Waals surface area contributed by atoms with Gasteiger partial charge in [0.25, 0.3) is 11.6 Å². The number of nitrogens with one attached hydrogen (secondary N) is 1. The Morgan fingerprint density at radius 1 is 1.21 bits per heavy atom. The molecule has 154 valence electrons. The molecule has 1 fully saturated rings. The number of piperidine rings is 1. The van der Waals surface area contributed by atoms with E-state index in [1.165, 1.54) is 11.6 Å². The molecular weight excluding hydrogens is 366 g/mol. The van der Waals surface area contributed by atoms with E-state index in [1.54, 1.807) is 12.1 Å². The van der Waals surface area contributed by atoms with Crippen molar-refractivity contribution in [2.45, 2.75) is 46.0 Å². The highest BCUT2D eigenvalue weighted by atomic mass is 16.6. The molecule has 1 aliphatic heterocycles. The van der Waals surface area contributed by atoms with Crippen molar-refractivity contribution in [3.63, 3.8) is 0 Å². The number of nitro groups is 1. The van der Waals surface area contributed by atoms with E-state index >= 15 is 0 Å². The molecule has 0 unspecified atom stereocenters. The van der Waals surface area contributed by atoms with Gasteiger partial charge in [-0.1, -0.05) is 32.9 Å². The van der Waals surface area contributed by atoms with Crippen LogP contribution >= 0.6 is 0 Å². The van der Waals surface area contributed by atoms with E-state index in [4.69, 9.17) is 0 Å². The van der Waals surface area contributed by atoms with Gasteiger partial charge in [-0.05, 0) is 60.9 Å². The zero-order valence-electron chi connectivity index (χ0n) is 17.4. The second kappa shape index (κ2) is 9.07. The largest absolute Gasteiger partial charge is 0.366 e. The number of carbonyl (C=O) groups excluding carboxylic acids is 1. The van der Waals surface area contributed by atoms with Gasteiger partial charge in [0.1, 0.15) is 5.69 Å². The Kier molecular flexibility index (Phi) is 6.52. The quantitative estimate of drug-likeness (QED) is 0.510. The van der Waals surface area contributed by atoms with Gasteiger partial charge in [0.15, 0.2) is 0 Å². The van der Waals surface area contributed by atoms with Crippen molar-refractivity contribution in [1.29, 1.82) is 0 Å². The maximum atomic E-state index is 12.6. The minimum Gasteiger partial charge on any atom is -0.366 e. The number of nitro benzene ring substituents is 1. The third-order valence-corrected chi connectivity index (χ3v) is 5.91. The molecule has 0 aromatic heterocycles. The minimum atomic E-state index is -0.398. The summed E-state index contributed by atoms with van der Waals surface area (Å²) in [5.74, 6) is 0.762. The number of carbonyl (C=O) groups is 1. The second-order valence-electron chi connectivity index (χ2n) is 8.02. The molecule has 2 aromatic carbocycles. The number of amides is 1. The molecule has 1 amide bonds. The zero-order valence-corrected chi connectivity index (χ0v) is 17.4. The van der Waals surface area contributed by atoms with Crippen LogP contribution in [0.5, 0.6) is 0 Å². The molecule has 1 aliphatic rings. The van der Waals surface area contributed by atoms with Crippen molar-refractivity contribution in [3.05, 3.63) is 63.7 Å². The third-order valence-electron chi connectivity index (χ3n) is 5.91. The van der Waals surface area contributed by atoms with Crippen LogP contribution in [0.2, 0.25) is 0 Å². The summed E-state index contributed by atoms with van der Waals surface area (Å²) in [6, 6.07) is 12.5. The second-order valence-corrected chi connectivity index (χ2v) is 8.02. The Labute approximate surface area is 172 Å². The van der Waals surface area contributed by atoms with Crippen LogP contribution in [0.1, 0.15) is 61.9 Å². The Bertz CT molecular complexity index is 871. The summed E-state index contributed by atoms with van der Waals surface area (Å²) < 4.78 is 0. The highest BCUT2D eigenvalue weighted by Crippen LogP contribution is 2.32. The Balaban J connectivity index is 1.77. The molecule has 0 saturated carbocycles. The topological polar surface area (TPSA) is 75.5 Å². The molecule has 6 nitrogen and oxygen atoms in total. The van der Waals surface area contributed by atoms with Crippen molar-refractivity contribution in [1.82, 2.24) is 0 Å². The van der Waals surface area contributed by atoms with Gasteiger partial charge in [0.05, 0.1) is 4.92 Å². The number of benzene rings is 2. The van der Waals surface area contributed by atoms with Crippen LogP contribution in [0, 0.1) is 16.0 Å². The highest BCUT2D eigenvalue weighted by molar-refractivity contribution is 6.05. The van der Waals surface area contributed by atoms with Gasteiger partial charge in [0.2, 0.25) is 0 Å². The number of rotatable bonds is 6. The number of nitrogens with zero attached hydrogens (tertiary/aromatic N) is 2. The number of anilines is 2. The van der Waals surface area contributed by atoms with Gasteiger partial charge in [-0.25, -0.2) is 0 Å². The first-order valence-corrected chi connectivity index (χ1v) is 10.3. The van der Waals surface area contributed by atoms with Crippen LogP contribution in [0.15, 0.2) is 42.5 Å². The van der Waals surface area contributed by atoms with Gasteiger partial charge in [0, 0.05) is 30.4 Å². The van der Waals surface area contributed by atoms with Crippen molar-refractivity contribution < 1.29 is 9.72 Å². The lowest BCUT2D eigenvalue weighted by atomic mass is 9.98. The van der Waals surface area contributed by atoms with E-state index in [-0.39, 0.29) is 17.2 Å². The third kappa shape index (κ3) is 4.94. The molecule has 1 atom stereocenters. The fourth-order valence-electron chi connectivity index (χ4n) is 3.66. The number of hydrogen-bond donors (Lipinski definition) is 1. The monoisotopic (exact) mass is 395 g/mol. The first kappa shape index (κ1) is 20.8. The zero-order chi connectivity index (χ0) is 21.0. The van der Waals surface area contributed by atoms with Crippen molar-refractivity contribution >= 4 is 23.0 Å². The maximum Gasteiger partial charge on any atom is 0.293 e. The summed E-state index contributed by atoms with van der Waals surface area (Å²) in [5.41, 5.74) is 2.77. The molecule has 2 aromatic rings. The van der Waals surface area contributed by atoms with Gasteiger partial charge < -0.3 is 10.2 Å². The normalized spacial score (nSPS) is 15.8. The maximum absolute atomic E-state index is 12.6. The van der Waals surface area contributed by atoms with Crippen LogP contribution in [-0.4, -0.2) is 23.9 Å². The molecule has 0 bridgehead atoms. The fourth-order valence-corrected chi connectivity index (χ4v) is 3.66. The van der Waals surface area contributed by atoms with Crippen LogP contribution in [0.25, 0.3) is 0 Å². The van der Waals surface area contributed by atoms with E-state index in [0.717, 1.165) is 32.4 Å². The summed E-state index contributed by atoms with van der Waals surface area (Å²) in [6.45, 7) is 8.11. The summed E-state index contributed by atoms with van der Waals surface area (Å²) in [7, 11) is 0. The molecule has 1 heterocycles. The summed E-state index contributed by atoms with van der Waals surface area (Å²) in [5, 5.41) is 14.5. The molecule has 3 rings (SSSR count). The minimum absolute atomic E-state index is 0.0145. The molecule has 0 spiro atoms. The van der Waals surface area contributed by atoms with Gasteiger partial charge in [-0.3, -0.25) is 14.9 Å². The molecule has 29 heavy (non-hydrogen) atoms. The van der Waals surface area contributed by atoms with E-state index in [9.17, 15) is 14.9 Å². The van der Waals surface area contributed by atoms with Gasteiger partial charge >= 0.3 is 0 Å². The summed E-state index contributed by atoms with van der Waals surface area (Å²) >= 11 is 0. The lowest BCUT2D eigenvalue weighted by Crippen LogP contribution is -2.33. The van der Waals surface area contributed by atoms with Crippen LogP contribution in [-0.2, 0) is 0 Å². The van der Waals surface area contributed by atoms with Gasteiger partial charge in [-0.2, -0.15) is 0 Å². The van der Waals surface area contributed by atoms with Crippen molar-refractivity contribution in [2.75, 3.05) is 23.3 Å². The first-order valence-electron chi connectivity index (χ1n) is 10.3. The van der Waals surface area contributed by atoms with Gasteiger partial charge in [-0.15, -0.1) is 0 Å². The van der Waals surface area contributed by atoms with E-state index in [1.807, 2.05) is 29.2 Å². The Morgan fingerprint density at radius 3 is 2.45 bits per heavy atom. The van der Waals surface area contributed by atoms with Crippen LogP contribution in [0.4, 0.5) is 17.1 Å². The van der Waals surface area contributed by atoms with Crippen molar-refractivity contribution in [3.8, 4) is 0 Å². The van der Waals surface area contributed by atoms with E-state index < -0.39 is 4.92 Å². The summed E-state index contributed by atoms with van der Waals surface area (Å²) in [6.07, 6.45) is 3.09. The molecule has 1 N–H and O–H groups in total. The standard InChI is InChI=1S/C23H29N3O3/c1-4-17(3)18-5-8-20(9-6-18)24-23(27)19-7-10-21(22(15-19)26(28)29)25-13-11-16(2)12-14-25/h5-10,15-17H,4,11-14H2,1-3H3,(H,24,27)/t17-/m0/s1.